The summed E-state index contributed by atoms with van der Waals surface area (Å²) in [5, 5.41) is 12.0. The number of thiophene rings is 1. The molecule has 3 aromatic heterocycles. The third-order valence-electron chi connectivity index (χ3n) is 2.95. The zero-order chi connectivity index (χ0) is 12.5. The largest absolute Gasteiger partial charge is 0.366 e. The molecule has 0 saturated heterocycles. The predicted molar refractivity (Wildman–Crippen MR) is 74.1 cm³/mol. The van der Waals surface area contributed by atoms with Crippen molar-refractivity contribution >= 4 is 22.8 Å². The van der Waals surface area contributed by atoms with Crippen LogP contribution in [0.3, 0.4) is 0 Å². The lowest BCUT2D eigenvalue weighted by Crippen LogP contribution is -2.05. The molecule has 3 rings (SSSR count). The minimum absolute atomic E-state index is 0.813. The summed E-state index contributed by atoms with van der Waals surface area (Å²) < 4.78 is 1.83. The van der Waals surface area contributed by atoms with Gasteiger partial charge in [-0.25, -0.2) is 4.98 Å². The molecule has 3 heterocycles. The zero-order valence-electron chi connectivity index (χ0n) is 10.3. The van der Waals surface area contributed by atoms with Crippen LogP contribution in [0.15, 0.2) is 29.2 Å². The average Bonchev–Trinajstić information content (AvgIpc) is 2.94. The first-order chi connectivity index (χ1) is 8.74. The van der Waals surface area contributed by atoms with Crippen LogP contribution in [-0.4, -0.2) is 14.6 Å². The van der Waals surface area contributed by atoms with Gasteiger partial charge in [-0.15, -0.1) is 0 Å². The molecule has 5 heteroatoms. The van der Waals surface area contributed by atoms with E-state index >= 15 is 0 Å². The molecule has 0 bridgehead atoms. The van der Waals surface area contributed by atoms with E-state index in [0.29, 0.717) is 0 Å². The van der Waals surface area contributed by atoms with Crippen molar-refractivity contribution < 1.29 is 0 Å². The highest BCUT2D eigenvalue weighted by Gasteiger charge is 2.05. The first-order valence-electron chi connectivity index (χ1n) is 5.80. The third kappa shape index (κ3) is 1.97. The minimum Gasteiger partial charge on any atom is -0.366 e. The smallest absolute Gasteiger partial charge is 0.157 e. The summed E-state index contributed by atoms with van der Waals surface area (Å²) in [6.07, 6.45) is 1.58. The Labute approximate surface area is 109 Å². The molecule has 0 spiro atoms. The fourth-order valence-corrected chi connectivity index (χ4v) is 2.79. The Kier molecular flexibility index (Phi) is 2.76. The van der Waals surface area contributed by atoms with Crippen molar-refractivity contribution in [3.05, 3.63) is 45.9 Å². The van der Waals surface area contributed by atoms with Gasteiger partial charge < -0.3 is 5.32 Å². The molecule has 0 aliphatic rings. The zero-order valence-corrected chi connectivity index (χ0v) is 11.2. The van der Waals surface area contributed by atoms with Crippen LogP contribution in [0.2, 0.25) is 0 Å². The maximum atomic E-state index is 4.23. The van der Waals surface area contributed by atoms with E-state index in [1.807, 2.05) is 10.6 Å². The van der Waals surface area contributed by atoms with Crippen LogP contribution in [0, 0.1) is 13.8 Å². The second-order valence-electron chi connectivity index (χ2n) is 4.38. The summed E-state index contributed by atoms with van der Waals surface area (Å²) in [6, 6.07) is 4.11. The van der Waals surface area contributed by atoms with Crippen molar-refractivity contribution in [2.45, 2.75) is 20.4 Å². The number of nitrogens with one attached hydrogen (secondary N) is 1. The first-order valence-corrected chi connectivity index (χ1v) is 6.74. The molecule has 0 aliphatic heterocycles. The number of pyridine rings is 1. The summed E-state index contributed by atoms with van der Waals surface area (Å²) >= 11 is 1.74. The fraction of sp³-hybridized carbons (Fsp3) is 0.231. The second kappa shape index (κ2) is 4.42. The van der Waals surface area contributed by atoms with Gasteiger partial charge in [0.05, 0.1) is 0 Å². The van der Waals surface area contributed by atoms with Gasteiger partial charge in [-0.2, -0.15) is 21.0 Å². The van der Waals surface area contributed by atoms with Crippen molar-refractivity contribution in [1.29, 1.82) is 0 Å². The molecule has 0 amide bonds. The summed E-state index contributed by atoms with van der Waals surface area (Å²) in [5.41, 5.74) is 4.71. The number of fused-ring (bicyclic) bond motifs is 1. The van der Waals surface area contributed by atoms with Crippen LogP contribution >= 0.6 is 11.3 Å². The van der Waals surface area contributed by atoms with E-state index in [1.165, 1.54) is 16.7 Å². The van der Waals surface area contributed by atoms with Gasteiger partial charge >= 0.3 is 0 Å². The molecule has 0 radical (unpaired) electrons. The van der Waals surface area contributed by atoms with Gasteiger partial charge in [-0.3, -0.25) is 0 Å². The van der Waals surface area contributed by atoms with E-state index in [2.05, 4.69) is 46.1 Å². The molecular formula is C13H14N4S. The maximum Gasteiger partial charge on any atom is 0.157 e. The maximum absolute atomic E-state index is 4.23. The molecule has 0 aromatic carbocycles. The van der Waals surface area contributed by atoms with E-state index in [0.717, 1.165) is 18.0 Å². The normalized spacial score (nSPS) is 11.0. The van der Waals surface area contributed by atoms with E-state index in [9.17, 15) is 0 Å². The Balaban J connectivity index is 1.90. The van der Waals surface area contributed by atoms with Crippen LogP contribution in [0.4, 0.5) is 5.82 Å². The number of nitrogens with zero attached hydrogens (tertiary/aromatic N) is 3. The highest BCUT2D eigenvalue weighted by molar-refractivity contribution is 7.08. The number of rotatable bonds is 3. The second-order valence-corrected chi connectivity index (χ2v) is 5.13. The lowest BCUT2D eigenvalue weighted by molar-refractivity contribution is 0.940. The topological polar surface area (TPSA) is 42.2 Å². The third-order valence-corrected chi connectivity index (χ3v) is 3.86. The number of hydrogen-bond donors (Lipinski definition) is 1. The molecule has 0 aliphatic carbocycles. The molecule has 92 valence electrons. The van der Waals surface area contributed by atoms with E-state index in [-0.39, 0.29) is 0 Å². The lowest BCUT2D eigenvalue weighted by atomic mass is 10.2. The highest BCUT2D eigenvalue weighted by atomic mass is 32.1. The molecule has 0 unspecified atom stereocenters. The Hall–Kier alpha value is -1.88. The minimum atomic E-state index is 0.813. The Morgan fingerprint density at radius 1 is 1.28 bits per heavy atom. The first kappa shape index (κ1) is 11.2. The number of aromatic nitrogens is 3. The van der Waals surface area contributed by atoms with Crippen molar-refractivity contribution in [2.24, 2.45) is 0 Å². The fourth-order valence-electron chi connectivity index (χ4n) is 1.94. The molecule has 0 atom stereocenters. The van der Waals surface area contributed by atoms with Gasteiger partial charge in [-0.1, -0.05) is 0 Å². The van der Waals surface area contributed by atoms with Crippen LogP contribution in [0.25, 0.3) is 5.65 Å². The summed E-state index contributed by atoms with van der Waals surface area (Å²) in [6.45, 7) is 5.01. The van der Waals surface area contributed by atoms with E-state index < -0.39 is 0 Å². The monoisotopic (exact) mass is 258 g/mol. The van der Waals surface area contributed by atoms with Crippen LogP contribution in [0.5, 0.6) is 0 Å². The van der Waals surface area contributed by atoms with Gasteiger partial charge in [0, 0.05) is 6.54 Å². The highest BCUT2D eigenvalue weighted by Crippen LogP contribution is 2.17. The molecule has 1 N–H and O–H groups in total. The van der Waals surface area contributed by atoms with Crippen molar-refractivity contribution in [3.8, 4) is 0 Å². The summed E-state index contributed by atoms with van der Waals surface area (Å²) in [5.74, 6) is 0.980. The van der Waals surface area contributed by atoms with Crippen molar-refractivity contribution in [3.63, 3.8) is 0 Å². The lowest BCUT2D eigenvalue weighted by Gasteiger charge is -2.09. The van der Waals surface area contributed by atoms with Crippen LogP contribution < -0.4 is 5.32 Å². The standard InChI is InChI=1S/C13H14N4S/c1-9-3-12(17-13(4-9)15-8-16-17)14-5-11-7-18-6-10(11)2/h3-4,6-8,14H,5H2,1-2H3. The van der Waals surface area contributed by atoms with Gasteiger partial charge in [0.25, 0.3) is 0 Å². The van der Waals surface area contributed by atoms with E-state index in [4.69, 9.17) is 0 Å². The average molecular weight is 258 g/mol. The quantitative estimate of drug-likeness (QED) is 0.785. The summed E-state index contributed by atoms with van der Waals surface area (Å²) in [4.78, 5) is 4.22. The molecule has 0 saturated carbocycles. The SMILES string of the molecule is Cc1cc(NCc2cscc2C)n2ncnc2c1. The van der Waals surface area contributed by atoms with Crippen molar-refractivity contribution in [1.82, 2.24) is 14.6 Å². The van der Waals surface area contributed by atoms with E-state index in [1.54, 1.807) is 17.7 Å². The van der Waals surface area contributed by atoms with Gasteiger partial charge in [0.15, 0.2) is 5.65 Å². The van der Waals surface area contributed by atoms with Crippen molar-refractivity contribution in [2.75, 3.05) is 5.32 Å². The van der Waals surface area contributed by atoms with Gasteiger partial charge in [-0.05, 0) is 53.4 Å². The van der Waals surface area contributed by atoms with Gasteiger partial charge in [0.2, 0.25) is 0 Å². The summed E-state index contributed by atoms with van der Waals surface area (Å²) in [7, 11) is 0. The Morgan fingerprint density at radius 2 is 2.17 bits per heavy atom. The molecule has 0 fully saturated rings. The predicted octanol–water partition coefficient (Wildman–Crippen LogP) is 3.02. The van der Waals surface area contributed by atoms with Crippen LogP contribution in [-0.2, 0) is 6.54 Å². The molecular weight excluding hydrogens is 244 g/mol. The number of aryl methyl sites for hydroxylation is 2. The molecule has 3 aromatic rings. The Morgan fingerprint density at radius 3 is 2.94 bits per heavy atom. The number of hydrogen-bond acceptors (Lipinski definition) is 4. The van der Waals surface area contributed by atoms with Gasteiger partial charge in [0.1, 0.15) is 12.1 Å². The van der Waals surface area contributed by atoms with Crippen LogP contribution in [0.1, 0.15) is 16.7 Å². The number of anilines is 1. The molecule has 4 nitrogen and oxygen atoms in total. The Bertz CT molecular complexity index is 683. The molecule has 18 heavy (non-hydrogen) atoms.